The zero-order valence-corrected chi connectivity index (χ0v) is 7.04. The van der Waals surface area contributed by atoms with Crippen LogP contribution in [0.15, 0.2) is 0 Å². The largest absolute Gasteiger partial charge is 0.505 e. The summed E-state index contributed by atoms with van der Waals surface area (Å²) in [5.41, 5.74) is 0. The van der Waals surface area contributed by atoms with Gasteiger partial charge in [-0.25, -0.2) is 4.79 Å². The van der Waals surface area contributed by atoms with Crippen LogP contribution < -0.4 is 0 Å². The smallest absolute Gasteiger partial charge is 0.450 e. The zero-order valence-electron chi connectivity index (χ0n) is 7.04. The first kappa shape index (κ1) is 10.2. The second kappa shape index (κ2) is 5.97. The summed E-state index contributed by atoms with van der Waals surface area (Å²) in [5, 5.41) is 8.09. The molecule has 0 atom stereocenters. The fourth-order valence-corrected chi connectivity index (χ4v) is 0.690. The van der Waals surface area contributed by atoms with Crippen LogP contribution in [-0.4, -0.2) is 43.4 Å². The van der Waals surface area contributed by atoms with Crippen molar-refractivity contribution in [1.82, 2.24) is 4.90 Å². The molecule has 0 fully saturated rings. The predicted molar refractivity (Wildman–Crippen MR) is 41.8 cm³/mol. The number of hydrogen-bond acceptors (Lipinski definition) is 3. The van der Waals surface area contributed by atoms with Crippen molar-refractivity contribution in [2.75, 3.05) is 27.2 Å². The maximum absolute atomic E-state index is 9.86. The van der Waals surface area contributed by atoms with Gasteiger partial charge in [0, 0.05) is 0 Å². The van der Waals surface area contributed by atoms with E-state index >= 15 is 0 Å². The van der Waals surface area contributed by atoms with Crippen molar-refractivity contribution in [1.29, 1.82) is 0 Å². The molecular formula is C7H15NO3. The van der Waals surface area contributed by atoms with Crippen molar-refractivity contribution in [2.24, 2.45) is 0 Å². The van der Waals surface area contributed by atoms with Crippen LogP contribution in [0.5, 0.6) is 0 Å². The number of nitrogens with zero attached hydrogens (tertiary/aromatic N) is 1. The highest BCUT2D eigenvalue weighted by molar-refractivity contribution is 5.56. The summed E-state index contributed by atoms with van der Waals surface area (Å²) in [6, 6.07) is 0. The first-order valence-electron chi connectivity index (χ1n) is 3.63. The molecule has 0 rings (SSSR count). The summed E-state index contributed by atoms with van der Waals surface area (Å²) in [6.07, 6.45) is 0.583. The summed E-state index contributed by atoms with van der Waals surface area (Å²) in [5.74, 6) is 0. The Bertz CT molecular complexity index is 114. The van der Waals surface area contributed by atoms with Crippen molar-refractivity contribution in [3.05, 3.63) is 0 Å². The van der Waals surface area contributed by atoms with Gasteiger partial charge in [-0.3, -0.25) is 0 Å². The Morgan fingerprint density at radius 1 is 1.45 bits per heavy atom. The molecule has 11 heavy (non-hydrogen) atoms. The van der Waals surface area contributed by atoms with Gasteiger partial charge < -0.3 is 14.7 Å². The van der Waals surface area contributed by atoms with Crippen molar-refractivity contribution >= 4 is 6.16 Å². The Balaban J connectivity index is 2.97. The molecule has 0 saturated heterocycles. The van der Waals surface area contributed by atoms with E-state index in [4.69, 9.17) is 5.11 Å². The third-order valence-corrected chi connectivity index (χ3v) is 1.23. The molecule has 0 aliphatic carbocycles. The second-order valence-corrected chi connectivity index (χ2v) is 2.62. The molecule has 0 spiro atoms. The van der Waals surface area contributed by atoms with E-state index in [0.29, 0.717) is 6.61 Å². The standard InChI is InChI=1S/C7H15NO3/c1-8(2)5-3-4-6-11-7(9)10/h3-6H2,1-2H3,(H,9,10). The van der Waals surface area contributed by atoms with Crippen molar-refractivity contribution in [3.8, 4) is 0 Å². The lowest BCUT2D eigenvalue weighted by molar-refractivity contribution is 0.0896. The first-order chi connectivity index (χ1) is 5.13. The summed E-state index contributed by atoms with van der Waals surface area (Å²) < 4.78 is 4.32. The average molecular weight is 161 g/mol. The van der Waals surface area contributed by atoms with E-state index in [-0.39, 0.29) is 0 Å². The monoisotopic (exact) mass is 161 g/mol. The summed E-state index contributed by atoms with van der Waals surface area (Å²) in [7, 11) is 3.97. The molecule has 0 amide bonds. The Hall–Kier alpha value is -0.770. The van der Waals surface area contributed by atoms with Gasteiger partial charge in [0.15, 0.2) is 0 Å². The molecular weight excluding hydrogens is 146 g/mol. The topological polar surface area (TPSA) is 49.8 Å². The predicted octanol–water partition coefficient (Wildman–Crippen LogP) is 1.02. The minimum atomic E-state index is -1.19. The highest BCUT2D eigenvalue weighted by Crippen LogP contribution is 1.91. The van der Waals surface area contributed by atoms with Crippen LogP contribution >= 0.6 is 0 Å². The maximum atomic E-state index is 9.86. The van der Waals surface area contributed by atoms with Crippen LogP contribution in [0.25, 0.3) is 0 Å². The third-order valence-electron chi connectivity index (χ3n) is 1.23. The maximum Gasteiger partial charge on any atom is 0.505 e. The number of ether oxygens (including phenoxy) is 1. The number of carbonyl (C=O) groups is 1. The lowest BCUT2D eigenvalue weighted by atomic mass is 10.3. The molecule has 1 N–H and O–H groups in total. The molecule has 0 heterocycles. The highest BCUT2D eigenvalue weighted by atomic mass is 16.7. The quantitative estimate of drug-likeness (QED) is 0.483. The summed E-state index contributed by atoms with van der Waals surface area (Å²) in [4.78, 5) is 11.9. The normalized spacial score (nSPS) is 10.1. The number of carboxylic acid groups (broad SMARTS) is 1. The average Bonchev–Trinajstić information content (AvgIpc) is 1.85. The number of hydrogen-bond donors (Lipinski definition) is 1. The van der Waals surface area contributed by atoms with Gasteiger partial charge >= 0.3 is 6.16 Å². The van der Waals surface area contributed by atoms with Gasteiger partial charge in [0.05, 0.1) is 6.61 Å². The van der Waals surface area contributed by atoms with E-state index in [1.54, 1.807) is 0 Å². The minimum absolute atomic E-state index is 0.309. The van der Waals surface area contributed by atoms with E-state index in [1.807, 2.05) is 14.1 Å². The molecule has 0 aromatic rings. The van der Waals surface area contributed by atoms with Gasteiger partial charge in [-0.1, -0.05) is 0 Å². The molecule has 0 aromatic carbocycles. The van der Waals surface area contributed by atoms with Gasteiger partial charge in [0.25, 0.3) is 0 Å². The SMILES string of the molecule is CN(C)CCCCOC(=O)O. The van der Waals surface area contributed by atoms with Crippen LogP contribution in [-0.2, 0) is 4.74 Å². The molecule has 0 aromatic heterocycles. The highest BCUT2D eigenvalue weighted by Gasteiger charge is 1.95. The zero-order chi connectivity index (χ0) is 8.69. The summed E-state index contributed by atoms with van der Waals surface area (Å²) >= 11 is 0. The lowest BCUT2D eigenvalue weighted by Crippen LogP contribution is -2.13. The van der Waals surface area contributed by atoms with E-state index in [2.05, 4.69) is 9.64 Å². The molecule has 4 nitrogen and oxygen atoms in total. The van der Waals surface area contributed by atoms with E-state index < -0.39 is 6.16 Å². The first-order valence-corrected chi connectivity index (χ1v) is 3.63. The van der Waals surface area contributed by atoms with E-state index in [1.165, 1.54) is 0 Å². The Morgan fingerprint density at radius 2 is 2.09 bits per heavy atom. The van der Waals surface area contributed by atoms with Crippen LogP contribution in [0.2, 0.25) is 0 Å². The molecule has 0 radical (unpaired) electrons. The van der Waals surface area contributed by atoms with Gasteiger partial charge in [0.1, 0.15) is 0 Å². The van der Waals surface area contributed by atoms with Gasteiger partial charge in [-0.15, -0.1) is 0 Å². The fourth-order valence-electron chi connectivity index (χ4n) is 0.690. The third kappa shape index (κ3) is 9.23. The van der Waals surface area contributed by atoms with Gasteiger partial charge in [-0.2, -0.15) is 0 Å². The van der Waals surface area contributed by atoms with Gasteiger partial charge in [0.2, 0.25) is 0 Å². The van der Waals surface area contributed by atoms with Crippen LogP contribution in [0, 0.1) is 0 Å². The van der Waals surface area contributed by atoms with Crippen LogP contribution in [0.3, 0.4) is 0 Å². The number of rotatable bonds is 5. The van der Waals surface area contributed by atoms with Crippen LogP contribution in [0.4, 0.5) is 4.79 Å². The second-order valence-electron chi connectivity index (χ2n) is 2.62. The molecule has 4 heteroatoms. The van der Waals surface area contributed by atoms with Crippen LogP contribution in [0.1, 0.15) is 12.8 Å². The Morgan fingerprint density at radius 3 is 2.55 bits per heavy atom. The minimum Gasteiger partial charge on any atom is -0.450 e. The fraction of sp³-hybridized carbons (Fsp3) is 0.857. The Labute approximate surface area is 66.8 Å². The molecule has 0 saturated carbocycles. The lowest BCUT2D eigenvalue weighted by Gasteiger charge is -2.07. The Kier molecular flexibility index (Phi) is 5.56. The molecule has 0 unspecified atom stereocenters. The molecule has 0 aliphatic rings. The molecule has 0 bridgehead atoms. The molecule has 66 valence electrons. The number of unbranched alkanes of at least 4 members (excludes halogenated alkanes) is 1. The van der Waals surface area contributed by atoms with E-state index in [9.17, 15) is 4.79 Å². The van der Waals surface area contributed by atoms with Gasteiger partial charge in [-0.05, 0) is 33.5 Å². The van der Waals surface area contributed by atoms with Crippen molar-refractivity contribution in [2.45, 2.75) is 12.8 Å². The summed E-state index contributed by atoms with van der Waals surface area (Å²) in [6.45, 7) is 1.28. The van der Waals surface area contributed by atoms with Crippen molar-refractivity contribution < 1.29 is 14.6 Å². The van der Waals surface area contributed by atoms with Crippen molar-refractivity contribution in [3.63, 3.8) is 0 Å². The molecule has 0 aliphatic heterocycles. The van der Waals surface area contributed by atoms with E-state index in [0.717, 1.165) is 19.4 Å².